The Morgan fingerprint density at radius 1 is 1.17 bits per heavy atom. The molecule has 0 spiro atoms. The standard InChI is InChI=1S/C24H28F3N7O/c1-13(15-9-16(24(25,26)27)11-17(28)10-15)29-21-19-12-20(32-22(19)31-14(2)30-21)23(35)34-7-5-33(6-8-34)18-3-4-18/h9-13,18,22H,3-8,28H2,1-2H3,(H,29,30,31)/t13-,22?/m1/s1. The van der Waals surface area contributed by atoms with Gasteiger partial charge in [-0.25, -0.2) is 9.98 Å². The van der Waals surface area contributed by atoms with E-state index in [1.165, 1.54) is 18.9 Å². The summed E-state index contributed by atoms with van der Waals surface area (Å²) in [5.41, 5.74) is 6.23. The van der Waals surface area contributed by atoms with Gasteiger partial charge in [-0.3, -0.25) is 14.7 Å². The number of hydrogen-bond donors (Lipinski definition) is 2. The van der Waals surface area contributed by atoms with Crippen molar-refractivity contribution in [2.24, 2.45) is 15.0 Å². The summed E-state index contributed by atoms with van der Waals surface area (Å²) in [5.74, 6) is 0.876. The second-order valence-electron chi connectivity index (χ2n) is 9.43. The summed E-state index contributed by atoms with van der Waals surface area (Å²) in [7, 11) is 0. The van der Waals surface area contributed by atoms with Crippen molar-refractivity contribution in [3.63, 3.8) is 0 Å². The Hall–Kier alpha value is -3.21. The number of nitrogens with two attached hydrogens (primary N) is 1. The van der Waals surface area contributed by atoms with E-state index in [1.54, 1.807) is 19.9 Å². The topological polar surface area (TPSA) is 98.7 Å². The van der Waals surface area contributed by atoms with E-state index in [-0.39, 0.29) is 11.6 Å². The molecule has 1 saturated carbocycles. The highest BCUT2D eigenvalue weighted by Crippen LogP contribution is 2.34. The second kappa shape index (κ2) is 8.78. The molecular weight excluding hydrogens is 459 g/mol. The second-order valence-corrected chi connectivity index (χ2v) is 9.43. The van der Waals surface area contributed by atoms with E-state index in [0.717, 1.165) is 25.2 Å². The van der Waals surface area contributed by atoms with Crippen LogP contribution >= 0.6 is 0 Å². The number of piperazine rings is 1. The zero-order chi connectivity index (χ0) is 24.9. The van der Waals surface area contributed by atoms with Crippen molar-refractivity contribution in [1.29, 1.82) is 0 Å². The minimum absolute atomic E-state index is 0.0205. The molecule has 3 N–H and O–H groups in total. The lowest BCUT2D eigenvalue weighted by atomic mass is 10.0. The van der Waals surface area contributed by atoms with E-state index >= 15 is 0 Å². The van der Waals surface area contributed by atoms with Crippen molar-refractivity contribution in [3.8, 4) is 0 Å². The number of carbonyl (C=O) groups excluding carboxylic acids is 1. The van der Waals surface area contributed by atoms with Crippen LogP contribution in [0.1, 0.15) is 43.9 Å². The number of hydrogen-bond acceptors (Lipinski definition) is 6. The summed E-state index contributed by atoms with van der Waals surface area (Å²) in [6.07, 6.45) is -0.926. The maximum absolute atomic E-state index is 13.3. The maximum Gasteiger partial charge on any atom is 0.416 e. The van der Waals surface area contributed by atoms with Crippen LogP contribution in [-0.2, 0) is 11.0 Å². The first-order chi connectivity index (χ1) is 16.6. The average molecular weight is 488 g/mol. The molecule has 1 aromatic carbocycles. The van der Waals surface area contributed by atoms with Gasteiger partial charge in [0.15, 0.2) is 6.17 Å². The highest BCUT2D eigenvalue weighted by atomic mass is 19.4. The minimum Gasteiger partial charge on any atom is -0.399 e. The first-order valence-corrected chi connectivity index (χ1v) is 11.8. The summed E-state index contributed by atoms with van der Waals surface area (Å²) >= 11 is 0. The lowest BCUT2D eigenvalue weighted by Gasteiger charge is -2.34. The van der Waals surface area contributed by atoms with Crippen molar-refractivity contribution in [1.82, 2.24) is 15.1 Å². The minimum atomic E-state index is -4.50. The first-order valence-electron chi connectivity index (χ1n) is 11.8. The molecular formula is C24H28F3N7O. The van der Waals surface area contributed by atoms with Gasteiger partial charge in [0.1, 0.15) is 17.4 Å². The van der Waals surface area contributed by atoms with Gasteiger partial charge in [0, 0.05) is 43.5 Å². The number of aliphatic imine (C=N–C) groups is 3. The van der Waals surface area contributed by atoms with Crippen molar-refractivity contribution in [2.45, 2.75) is 51.1 Å². The molecule has 5 rings (SSSR count). The lowest BCUT2D eigenvalue weighted by molar-refractivity contribution is -0.137. The number of rotatable bonds is 4. The molecule has 186 valence electrons. The Morgan fingerprint density at radius 2 is 1.89 bits per heavy atom. The van der Waals surface area contributed by atoms with Crippen LogP contribution in [0.15, 0.2) is 44.8 Å². The van der Waals surface area contributed by atoms with Gasteiger partial charge < -0.3 is 16.0 Å². The number of halogens is 3. The van der Waals surface area contributed by atoms with Gasteiger partial charge in [0.25, 0.3) is 5.91 Å². The molecule has 0 aromatic heterocycles. The van der Waals surface area contributed by atoms with Crippen LogP contribution in [0.25, 0.3) is 0 Å². The van der Waals surface area contributed by atoms with Gasteiger partial charge in [-0.2, -0.15) is 13.2 Å². The van der Waals surface area contributed by atoms with Gasteiger partial charge in [0.05, 0.1) is 11.6 Å². The summed E-state index contributed by atoms with van der Waals surface area (Å²) in [5, 5.41) is 3.09. The number of amides is 1. The normalized spacial score (nSPS) is 24.9. The van der Waals surface area contributed by atoms with Crippen LogP contribution < -0.4 is 11.1 Å². The van der Waals surface area contributed by atoms with Crippen LogP contribution in [-0.4, -0.2) is 71.5 Å². The number of anilines is 1. The average Bonchev–Trinajstić information content (AvgIpc) is 3.56. The number of amidine groups is 2. The Bertz CT molecular complexity index is 1160. The number of nitrogens with one attached hydrogen (secondary N) is 1. The molecule has 8 nitrogen and oxygen atoms in total. The highest BCUT2D eigenvalue weighted by Gasteiger charge is 2.36. The van der Waals surface area contributed by atoms with Crippen LogP contribution in [0.5, 0.6) is 0 Å². The third kappa shape index (κ3) is 4.95. The quantitative estimate of drug-likeness (QED) is 0.638. The fourth-order valence-corrected chi connectivity index (χ4v) is 4.67. The maximum atomic E-state index is 13.3. The summed E-state index contributed by atoms with van der Waals surface area (Å²) < 4.78 is 39.8. The van der Waals surface area contributed by atoms with E-state index in [0.29, 0.717) is 47.7 Å². The molecule has 1 amide bonds. The zero-order valence-electron chi connectivity index (χ0n) is 19.6. The molecule has 4 aliphatic rings. The molecule has 2 atom stereocenters. The van der Waals surface area contributed by atoms with Crippen LogP contribution in [0.3, 0.4) is 0 Å². The molecule has 2 fully saturated rings. The lowest BCUT2D eigenvalue weighted by Crippen LogP contribution is -2.50. The number of nitrogens with zero attached hydrogens (tertiary/aromatic N) is 5. The van der Waals surface area contributed by atoms with Gasteiger partial charge in [-0.15, -0.1) is 0 Å². The molecule has 35 heavy (non-hydrogen) atoms. The van der Waals surface area contributed by atoms with E-state index < -0.39 is 23.9 Å². The highest BCUT2D eigenvalue weighted by molar-refractivity contribution is 6.45. The van der Waals surface area contributed by atoms with E-state index in [2.05, 4.69) is 25.2 Å². The monoisotopic (exact) mass is 487 g/mol. The number of benzene rings is 1. The molecule has 1 aliphatic carbocycles. The number of carbonyl (C=O) groups is 1. The van der Waals surface area contributed by atoms with E-state index in [9.17, 15) is 18.0 Å². The zero-order valence-corrected chi connectivity index (χ0v) is 19.6. The smallest absolute Gasteiger partial charge is 0.399 e. The van der Waals surface area contributed by atoms with Gasteiger partial charge in [0.2, 0.25) is 0 Å². The molecule has 1 aromatic rings. The molecule has 1 saturated heterocycles. The van der Waals surface area contributed by atoms with Crippen molar-refractivity contribution in [3.05, 3.63) is 41.0 Å². The van der Waals surface area contributed by atoms with Crippen molar-refractivity contribution < 1.29 is 18.0 Å². The summed E-state index contributed by atoms with van der Waals surface area (Å²) in [6.45, 7) is 6.52. The van der Waals surface area contributed by atoms with Gasteiger partial charge >= 0.3 is 6.18 Å². The Morgan fingerprint density at radius 3 is 2.54 bits per heavy atom. The summed E-state index contributed by atoms with van der Waals surface area (Å²) in [4.78, 5) is 31.0. The predicted molar refractivity (Wildman–Crippen MR) is 128 cm³/mol. The first kappa shape index (κ1) is 23.5. The number of alkyl halides is 3. The molecule has 3 heterocycles. The fraction of sp³-hybridized carbons (Fsp3) is 0.500. The van der Waals surface area contributed by atoms with Crippen LogP contribution in [0.2, 0.25) is 0 Å². The predicted octanol–water partition coefficient (Wildman–Crippen LogP) is 2.78. The van der Waals surface area contributed by atoms with Gasteiger partial charge in [-0.05, 0) is 56.5 Å². The van der Waals surface area contributed by atoms with Crippen molar-refractivity contribution >= 4 is 29.0 Å². The Kier molecular flexibility index (Phi) is 5.90. The van der Waals surface area contributed by atoms with Crippen molar-refractivity contribution in [2.75, 3.05) is 31.9 Å². The Balaban J connectivity index is 1.36. The fourth-order valence-electron chi connectivity index (χ4n) is 4.67. The SMILES string of the molecule is CC1=NC2N=C(C(=O)N3CCN(C4CC4)CC3)C=C2C(=N[C@H](C)c2cc(N)cc(C(F)(F)F)c2)N1. The van der Waals surface area contributed by atoms with Crippen LogP contribution in [0, 0.1) is 0 Å². The number of fused-ring (bicyclic) bond motifs is 1. The largest absolute Gasteiger partial charge is 0.416 e. The van der Waals surface area contributed by atoms with Crippen LogP contribution in [0.4, 0.5) is 18.9 Å². The Labute approximate surface area is 201 Å². The molecule has 11 heteroatoms. The van der Waals surface area contributed by atoms with E-state index in [4.69, 9.17) is 5.73 Å². The number of nitrogen functional groups attached to an aromatic ring is 1. The van der Waals surface area contributed by atoms with E-state index in [1.807, 2.05) is 4.90 Å². The third-order valence-corrected chi connectivity index (χ3v) is 6.71. The molecule has 3 aliphatic heterocycles. The molecule has 1 unspecified atom stereocenters. The third-order valence-electron chi connectivity index (χ3n) is 6.71. The molecule has 0 radical (unpaired) electrons. The summed E-state index contributed by atoms with van der Waals surface area (Å²) in [6, 6.07) is 3.51. The van der Waals surface area contributed by atoms with Gasteiger partial charge in [-0.1, -0.05) is 0 Å². The molecule has 0 bridgehead atoms.